The zero-order chi connectivity index (χ0) is 27.7. The molecule has 1 aromatic heterocycles. The third-order valence-corrected chi connectivity index (χ3v) is 6.31. The van der Waals surface area contributed by atoms with Gasteiger partial charge in [-0.3, -0.25) is 4.98 Å². The molecule has 0 aliphatic heterocycles. The predicted molar refractivity (Wildman–Crippen MR) is 154 cm³/mol. The van der Waals surface area contributed by atoms with Crippen LogP contribution < -0.4 is 9.47 Å². The van der Waals surface area contributed by atoms with E-state index in [-0.39, 0.29) is 5.97 Å². The van der Waals surface area contributed by atoms with Crippen LogP contribution in [0.25, 0.3) is 11.3 Å². The van der Waals surface area contributed by atoms with E-state index in [2.05, 4.69) is 24.6 Å². The van der Waals surface area contributed by atoms with Crippen LogP contribution >= 0.6 is 0 Å². The highest BCUT2D eigenvalue weighted by molar-refractivity contribution is 5.91. The zero-order valence-corrected chi connectivity index (χ0v) is 22.9. The van der Waals surface area contributed by atoms with Crippen molar-refractivity contribution in [3.8, 4) is 22.8 Å². The number of aryl methyl sites for hydroxylation is 1. The molecule has 0 atom stereocenters. The van der Waals surface area contributed by atoms with Crippen LogP contribution in [0, 0.1) is 0 Å². The van der Waals surface area contributed by atoms with Crippen LogP contribution in [0.4, 0.5) is 0 Å². The SMILES string of the molecule is C=CC(=O)OCCCCCCCCOc1ccc(C(=O)Oc2ccc(-c3ccc(CCCC)cn3)cc2)cc1. The second-order valence-electron chi connectivity index (χ2n) is 9.43. The molecule has 0 radical (unpaired) electrons. The van der Waals surface area contributed by atoms with E-state index in [0.29, 0.717) is 24.5 Å². The van der Waals surface area contributed by atoms with Crippen molar-refractivity contribution in [1.29, 1.82) is 0 Å². The number of hydrogen-bond donors (Lipinski definition) is 0. The molecule has 0 saturated heterocycles. The Kier molecular flexibility index (Phi) is 12.8. The summed E-state index contributed by atoms with van der Waals surface area (Å²) in [5.41, 5.74) is 3.59. The zero-order valence-electron chi connectivity index (χ0n) is 22.9. The van der Waals surface area contributed by atoms with Crippen molar-refractivity contribution in [1.82, 2.24) is 4.98 Å². The third kappa shape index (κ3) is 10.8. The molecule has 3 aromatic rings. The highest BCUT2D eigenvalue weighted by Gasteiger charge is 2.10. The number of hydrogen-bond acceptors (Lipinski definition) is 6. The summed E-state index contributed by atoms with van der Waals surface area (Å²) in [7, 11) is 0. The molecule has 0 N–H and O–H groups in total. The lowest BCUT2D eigenvalue weighted by Crippen LogP contribution is -2.08. The van der Waals surface area contributed by atoms with Gasteiger partial charge < -0.3 is 14.2 Å². The number of rotatable bonds is 17. The fraction of sp³-hybridized carbons (Fsp3) is 0.364. The molecule has 0 unspecified atom stereocenters. The normalized spacial score (nSPS) is 10.6. The molecule has 0 bridgehead atoms. The summed E-state index contributed by atoms with van der Waals surface area (Å²) in [6.45, 7) is 6.64. The van der Waals surface area contributed by atoms with Crippen LogP contribution in [-0.4, -0.2) is 30.1 Å². The number of carbonyl (C=O) groups excluding carboxylic acids is 2. The van der Waals surface area contributed by atoms with Gasteiger partial charge in [0.2, 0.25) is 0 Å². The summed E-state index contributed by atoms with van der Waals surface area (Å²) >= 11 is 0. The number of aromatic nitrogens is 1. The maximum atomic E-state index is 12.6. The van der Waals surface area contributed by atoms with E-state index in [4.69, 9.17) is 14.2 Å². The van der Waals surface area contributed by atoms with Gasteiger partial charge in [0.15, 0.2) is 0 Å². The Hall–Kier alpha value is -3.93. The molecule has 0 fully saturated rings. The van der Waals surface area contributed by atoms with Gasteiger partial charge in [-0.05, 0) is 85.8 Å². The molecule has 3 rings (SSSR count). The van der Waals surface area contributed by atoms with Gasteiger partial charge in [-0.15, -0.1) is 0 Å². The van der Waals surface area contributed by atoms with Crippen molar-refractivity contribution in [2.24, 2.45) is 0 Å². The van der Waals surface area contributed by atoms with Gasteiger partial charge in [0.1, 0.15) is 11.5 Å². The van der Waals surface area contributed by atoms with E-state index in [9.17, 15) is 9.59 Å². The van der Waals surface area contributed by atoms with Crippen molar-refractivity contribution in [3.63, 3.8) is 0 Å². The molecule has 206 valence electrons. The second-order valence-corrected chi connectivity index (χ2v) is 9.43. The molecule has 0 amide bonds. The molecule has 0 saturated carbocycles. The van der Waals surface area contributed by atoms with Gasteiger partial charge in [-0.25, -0.2) is 9.59 Å². The van der Waals surface area contributed by atoms with Crippen LogP contribution in [0.2, 0.25) is 0 Å². The molecule has 0 aliphatic carbocycles. The summed E-state index contributed by atoms with van der Waals surface area (Å²) in [6.07, 6.45) is 12.7. The lowest BCUT2D eigenvalue weighted by Gasteiger charge is -2.08. The topological polar surface area (TPSA) is 74.7 Å². The van der Waals surface area contributed by atoms with E-state index in [0.717, 1.165) is 68.4 Å². The molecule has 0 aliphatic rings. The van der Waals surface area contributed by atoms with Gasteiger partial charge in [0, 0.05) is 17.8 Å². The minimum Gasteiger partial charge on any atom is -0.494 e. The van der Waals surface area contributed by atoms with E-state index in [1.807, 2.05) is 24.4 Å². The van der Waals surface area contributed by atoms with E-state index in [1.165, 1.54) is 18.1 Å². The number of ether oxygens (including phenoxy) is 3. The third-order valence-electron chi connectivity index (χ3n) is 6.31. The second kappa shape index (κ2) is 16.8. The summed E-state index contributed by atoms with van der Waals surface area (Å²) in [5, 5.41) is 0. The Bertz CT molecular complexity index is 1150. The average molecular weight is 530 g/mol. The van der Waals surface area contributed by atoms with Crippen LogP contribution in [0.3, 0.4) is 0 Å². The van der Waals surface area contributed by atoms with E-state index >= 15 is 0 Å². The van der Waals surface area contributed by atoms with Gasteiger partial charge >= 0.3 is 11.9 Å². The summed E-state index contributed by atoms with van der Waals surface area (Å²) < 4.78 is 16.3. The van der Waals surface area contributed by atoms with Gasteiger partial charge in [-0.2, -0.15) is 0 Å². The van der Waals surface area contributed by atoms with Crippen molar-refractivity contribution < 1.29 is 23.8 Å². The molecule has 6 nitrogen and oxygen atoms in total. The first kappa shape index (κ1) is 29.6. The quantitative estimate of drug-likeness (QED) is 0.0770. The fourth-order valence-corrected chi connectivity index (χ4v) is 4.00. The average Bonchev–Trinajstić information content (AvgIpc) is 2.97. The highest BCUT2D eigenvalue weighted by Crippen LogP contribution is 2.22. The van der Waals surface area contributed by atoms with Gasteiger partial charge in [0.05, 0.1) is 24.5 Å². The number of pyridine rings is 1. The Morgan fingerprint density at radius 2 is 1.46 bits per heavy atom. The summed E-state index contributed by atoms with van der Waals surface area (Å²) in [6, 6.07) is 18.6. The molecular formula is C33H39NO5. The minimum atomic E-state index is -0.410. The van der Waals surface area contributed by atoms with Gasteiger partial charge in [-0.1, -0.05) is 51.7 Å². The van der Waals surface area contributed by atoms with E-state index in [1.54, 1.807) is 36.4 Å². The molecule has 6 heteroatoms. The molecule has 2 aromatic carbocycles. The number of carbonyl (C=O) groups is 2. The number of unbranched alkanes of at least 4 members (excludes halogenated alkanes) is 6. The van der Waals surface area contributed by atoms with Crippen molar-refractivity contribution in [2.75, 3.05) is 13.2 Å². The Morgan fingerprint density at radius 1 is 0.795 bits per heavy atom. The van der Waals surface area contributed by atoms with Crippen LogP contribution in [0.15, 0.2) is 79.5 Å². The highest BCUT2D eigenvalue weighted by atomic mass is 16.5. The minimum absolute atomic E-state index is 0.361. The van der Waals surface area contributed by atoms with Crippen molar-refractivity contribution >= 4 is 11.9 Å². The molecule has 0 spiro atoms. The molecule has 39 heavy (non-hydrogen) atoms. The molecule has 1 heterocycles. The summed E-state index contributed by atoms with van der Waals surface area (Å²) in [4.78, 5) is 28.1. The standard InChI is InChI=1S/C33H39NO5/c1-3-5-12-26-13-22-31(34-25-26)27-14-20-30(21-15-27)39-33(36)28-16-18-29(19-17-28)37-23-10-8-6-7-9-11-24-38-32(35)4-2/h4,13-22,25H,2-3,5-12,23-24H2,1H3. The molecular weight excluding hydrogens is 490 g/mol. The van der Waals surface area contributed by atoms with Gasteiger partial charge in [0.25, 0.3) is 0 Å². The first-order chi connectivity index (χ1) is 19.1. The maximum Gasteiger partial charge on any atom is 0.343 e. The van der Waals surface area contributed by atoms with Crippen molar-refractivity contribution in [3.05, 3.63) is 90.6 Å². The number of nitrogens with zero attached hydrogens (tertiary/aromatic N) is 1. The Labute approximate surface area is 232 Å². The van der Waals surface area contributed by atoms with Crippen molar-refractivity contribution in [2.45, 2.75) is 64.7 Å². The number of benzene rings is 2. The fourth-order valence-electron chi connectivity index (χ4n) is 4.00. The maximum absolute atomic E-state index is 12.6. The van der Waals surface area contributed by atoms with Crippen LogP contribution in [0.1, 0.15) is 74.2 Å². The van der Waals surface area contributed by atoms with Crippen LogP contribution in [-0.2, 0) is 16.0 Å². The largest absolute Gasteiger partial charge is 0.494 e. The number of esters is 2. The lowest BCUT2D eigenvalue weighted by atomic mass is 10.1. The Morgan fingerprint density at radius 3 is 2.10 bits per heavy atom. The Balaban J connectivity index is 1.34. The monoisotopic (exact) mass is 529 g/mol. The van der Waals surface area contributed by atoms with Crippen LogP contribution in [0.5, 0.6) is 11.5 Å². The summed E-state index contributed by atoms with van der Waals surface area (Å²) in [5.74, 6) is 0.446. The first-order valence-electron chi connectivity index (χ1n) is 13.9. The first-order valence-corrected chi connectivity index (χ1v) is 13.9. The lowest BCUT2D eigenvalue weighted by molar-refractivity contribution is -0.137. The predicted octanol–water partition coefficient (Wildman–Crippen LogP) is 7.76. The smallest absolute Gasteiger partial charge is 0.343 e. The van der Waals surface area contributed by atoms with E-state index < -0.39 is 5.97 Å².